The summed E-state index contributed by atoms with van der Waals surface area (Å²) in [6.45, 7) is 3.68. The van der Waals surface area contributed by atoms with Crippen molar-refractivity contribution in [3.63, 3.8) is 0 Å². The molecule has 1 aliphatic heterocycles. The Morgan fingerprint density at radius 3 is 2.80 bits per heavy atom. The third-order valence-electron chi connectivity index (χ3n) is 3.59. The Morgan fingerprint density at radius 2 is 2.10 bits per heavy atom. The highest BCUT2D eigenvalue weighted by molar-refractivity contribution is 5.49. The van der Waals surface area contributed by atoms with E-state index in [0.717, 1.165) is 38.2 Å². The molecule has 1 N–H and O–H groups in total. The zero-order valence-corrected chi connectivity index (χ0v) is 12.1. The van der Waals surface area contributed by atoms with Crippen LogP contribution in [0.1, 0.15) is 18.0 Å². The SMILES string of the molecule is COc1cccc(C(C#N)N2CCCNCC2)c1OC. The van der Waals surface area contributed by atoms with Gasteiger partial charge in [0.1, 0.15) is 6.04 Å². The molecule has 0 radical (unpaired) electrons. The second-order valence-electron chi connectivity index (χ2n) is 4.75. The molecule has 0 saturated carbocycles. The molecule has 0 bridgehead atoms. The molecule has 0 spiro atoms. The summed E-state index contributed by atoms with van der Waals surface area (Å²) in [5.74, 6) is 1.32. The highest BCUT2D eigenvalue weighted by Crippen LogP contribution is 2.36. The second-order valence-corrected chi connectivity index (χ2v) is 4.75. The highest BCUT2D eigenvalue weighted by atomic mass is 16.5. The average Bonchev–Trinajstić information content (AvgIpc) is 2.77. The van der Waals surface area contributed by atoms with E-state index >= 15 is 0 Å². The van der Waals surface area contributed by atoms with Crippen LogP contribution in [0.2, 0.25) is 0 Å². The van der Waals surface area contributed by atoms with Gasteiger partial charge < -0.3 is 14.8 Å². The van der Waals surface area contributed by atoms with Crippen molar-refractivity contribution in [1.29, 1.82) is 5.26 Å². The third-order valence-corrected chi connectivity index (χ3v) is 3.59. The van der Waals surface area contributed by atoms with Crippen LogP contribution >= 0.6 is 0 Å². The standard InChI is InChI=1S/C15H21N3O2/c1-19-14-6-3-5-12(15(14)20-2)13(11-16)18-9-4-7-17-8-10-18/h3,5-6,13,17H,4,7-10H2,1-2H3. The summed E-state index contributed by atoms with van der Waals surface area (Å²) in [6, 6.07) is 7.78. The van der Waals surface area contributed by atoms with Crippen LogP contribution < -0.4 is 14.8 Å². The van der Waals surface area contributed by atoms with Crippen LogP contribution in [0, 0.1) is 11.3 Å². The molecule has 1 aromatic rings. The first-order valence-electron chi connectivity index (χ1n) is 6.87. The van der Waals surface area contributed by atoms with E-state index in [2.05, 4.69) is 16.3 Å². The minimum atomic E-state index is -0.306. The molecule has 1 fully saturated rings. The Bertz CT molecular complexity index is 476. The number of ether oxygens (including phenoxy) is 2. The van der Waals surface area contributed by atoms with Gasteiger partial charge in [0.2, 0.25) is 0 Å². The molecule has 0 amide bonds. The van der Waals surface area contributed by atoms with Crippen LogP contribution in [0.15, 0.2) is 18.2 Å². The van der Waals surface area contributed by atoms with Gasteiger partial charge in [0, 0.05) is 25.2 Å². The number of rotatable bonds is 4. The monoisotopic (exact) mass is 275 g/mol. The normalized spacial score (nSPS) is 17.9. The fourth-order valence-electron chi connectivity index (χ4n) is 2.60. The van der Waals surface area contributed by atoms with Gasteiger partial charge in [0.15, 0.2) is 11.5 Å². The molecule has 108 valence electrons. The Hall–Kier alpha value is -1.77. The first-order valence-corrected chi connectivity index (χ1v) is 6.87. The molecular weight excluding hydrogens is 254 g/mol. The predicted octanol–water partition coefficient (Wildman–Crippen LogP) is 1.56. The minimum Gasteiger partial charge on any atom is -0.493 e. The summed E-state index contributed by atoms with van der Waals surface area (Å²) in [5, 5.41) is 13.0. The van der Waals surface area contributed by atoms with Crippen LogP contribution in [0.25, 0.3) is 0 Å². The number of nitrogens with zero attached hydrogens (tertiary/aromatic N) is 2. The van der Waals surface area contributed by atoms with Crippen molar-refractivity contribution >= 4 is 0 Å². The third kappa shape index (κ3) is 3.03. The summed E-state index contributed by atoms with van der Waals surface area (Å²) in [7, 11) is 3.22. The minimum absolute atomic E-state index is 0.306. The molecule has 1 heterocycles. The van der Waals surface area contributed by atoms with Crippen molar-refractivity contribution in [2.24, 2.45) is 0 Å². The number of hydrogen-bond acceptors (Lipinski definition) is 5. The zero-order chi connectivity index (χ0) is 14.4. The number of methoxy groups -OCH3 is 2. The summed E-state index contributed by atoms with van der Waals surface area (Å²) in [4.78, 5) is 2.19. The van der Waals surface area contributed by atoms with Gasteiger partial charge >= 0.3 is 0 Å². The fraction of sp³-hybridized carbons (Fsp3) is 0.533. The Balaban J connectivity index is 2.33. The van der Waals surface area contributed by atoms with E-state index in [0.29, 0.717) is 11.5 Å². The molecule has 1 aromatic carbocycles. The van der Waals surface area contributed by atoms with E-state index in [9.17, 15) is 5.26 Å². The van der Waals surface area contributed by atoms with Crippen LogP contribution in [-0.4, -0.2) is 45.3 Å². The lowest BCUT2D eigenvalue weighted by atomic mass is 10.0. The summed E-state index contributed by atoms with van der Waals surface area (Å²) in [5.41, 5.74) is 0.872. The number of nitriles is 1. The van der Waals surface area contributed by atoms with Gasteiger partial charge in [0.25, 0.3) is 0 Å². The van der Waals surface area contributed by atoms with E-state index in [1.165, 1.54) is 0 Å². The lowest BCUT2D eigenvalue weighted by Crippen LogP contribution is -2.31. The maximum absolute atomic E-state index is 9.60. The summed E-state index contributed by atoms with van der Waals surface area (Å²) in [6.07, 6.45) is 1.05. The van der Waals surface area contributed by atoms with Gasteiger partial charge in [-0.25, -0.2) is 0 Å². The molecule has 5 heteroatoms. The zero-order valence-electron chi connectivity index (χ0n) is 12.1. The van der Waals surface area contributed by atoms with Gasteiger partial charge in [-0.2, -0.15) is 5.26 Å². The molecule has 0 aromatic heterocycles. The summed E-state index contributed by atoms with van der Waals surface area (Å²) < 4.78 is 10.8. The first kappa shape index (κ1) is 14.6. The number of nitrogens with one attached hydrogen (secondary N) is 1. The lowest BCUT2D eigenvalue weighted by Gasteiger charge is -2.27. The molecule has 1 aliphatic rings. The van der Waals surface area contributed by atoms with E-state index in [1.807, 2.05) is 18.2 Å². The lowest BCUT2D eigenvalue weighted by molar-refractivity contribution is 0.245. The molecule has 2 rings (SSSR count). The Kier molecular flexibility index (Phi) is 5.22. The largest absolute Gasteiger partial charge is 0.493 e. The molecule has 5 nitrogen and oxygen atoms in total. The number of benzene rings is 1. The van der Waals surface area contributed by atoms with Gasteiger partial charge in [0.05, 0.1) is 20.3 Å². The van der Waals surface area contributed by atoms with Crippen molar-refractivity contribution in [3.8, 4) is 17.6 Å². The van der Waals surface area contributed by atoms with Crippen LogP contribution in [0.5, 0.6) is 11.5 Å². The van der Waals surface area contributed by atoms with E-state index in [4.69, 9.17) is 9.47 Å². The van der Waals surface area contributed by atoms with Crippen LogP contribution in [0.3, 0.4) is 0 Å². The van der Waals surface area contributed by atoms with E-state index in [1.54, 1.807) is 14.2 Å². The van der Waals surface area contributed by atoms with E-state index < -0.39 is 0 Å². The number of para-hydroxylation sites is 1. The van der Waals surface area contributed by atoms with Crippen molar-refractivity contribution < 1.29 is 9.47 Å². The molecule has 1 atom stereocenters. The Labute approximate surface area is 120 Å². The molecule has 1 unspecified atom stereocenters. The van der Waals surface area contributed by atoms with Crippen LogP contribution in [-0.2, 0) is 0 Å². The molecule has 20 heavy (non-hydrogen) atoms. The maximum atomic E-state index is 9.60. The summed E-state index contributed by atoms with van der Waals surface area (Å²) >= 11 is 0. The smallest absolute Gasteiger partial charge is 0.166 e. The van der Waals surface area contributed by atoms with Crippen molar-refractivity contribution in [2.45, 2.75) is 12.5 Å². The van der Waals surface area contributed by atoms with E-state index in [-0.39, 0.29) is 6.04 Å². The van der Waals surface area contributed by atoms with Gasteiger partial charge in [-0.3, -0.25) is 4.90 Å². The van der Waals surface area contributed by atoms with Crippen molar-refractivity contribution in [2.75, 3.05) is 40.4 Å². The topological polar surface area (TPSA) is 57.5 Å². The van der Waals surface area contributed by atoms with Crippen molar-refractivity contribution in [3.05, 3.63) is 23.8 Å². The predicted molar refractivity (Wildman–Crippen MR) is 77.0 cm³/mol. The molecule has 0 aliphatic carbocycles. The quantitative estimate of drug-likeness (QED) is 0.904. The van der Waals surface area contributed by atoms with Crippen molar-refractivity contribution in [1.82, 2.24) is 10.2 Å². The maximum Gasteiger partial charge on any atom is 0.166 e. The molecular formula is C15H21N3O2. The second kappa shape index (κ2) is 7.13. The van der Waals surface area contributed by atoms with Gasteiger partial charge in [-0.05, 0) is 19.0 Å². The van der Waals surface area contributed by atoms with Gasteiger partial charge in [-0.1, -0.05) is 12.1 Å². The average molecular weight is 275 g/mol. The van der Waals surface area contributed by atoms with Gasteiger partial charge in [-0.15, -0.1) is 0 Å². The highest BCUT2D eigenvalue weighted by Gasteiger charge is 2.25. The Morgan fingerprint density at radius 1 is 1.25 bits per heavy atom. The fourth-order valence-corrected chi connectivity index (χ4v) is 2.60. The first-order chi connectivity index (χ1) is 9.81. The number of hydrogen-bond donors (Lipinski definition) is 1. The molecule has 1 saturated heterocycles. The van der Waals surface area contributed by atoms with Crippen LogP contribution in [0.4, 0.5) is 0 Å².